The van der Waals surface area contributed by atoms with Crippen molar-refractivity contribution in [3.05, 3.63) is 18.0 Å². The fraction of sp³-hybridized carbons (Fsp3) is 0.500. The first-order chi connectivity index (χ1) is 7.80. The number of halogens is 3. The lowest BCUT2D eigenvalue weighted by Gasteiger charge is -2.12. The molecule has 9 heteroatoms. The van der Waals surface area contributed by atoms with Gasteiger partial charge >= 0.3 is 6.08 Å². The van der Waals surface area contributed by atoms with E-state index in [4.69, 9.17) is 4.74 Å². The average Bonchev–Trinajstić information content (AvgIpc) is 2.15. The minimum atomic E-state index is -4.44. The molecule has 1 atom stereocenters. The Morgan fingerprint density at radius 1 is 1.24 bits per heavy atom. The highest BCUT2D eigenvalue weighted by molar-refractivity contribution is 7.91. The summed E-state index contributed by atoms with van der Waals surface area (Å²) in [5.74, 6) is -3.55. The Bertz CT molecular complexity index is 498. The van der Waals surface area contributed by atoms with E-state index in [0.717, 1.165) is 6.92 Å². The molecule has 0 bridgehead atoms. The lowest BCUT2D eigenvalue weighted by atomic mass is 10.6. The second-order valence-corrected chi connectivity index (χ2v) is 5.13. The molecular formula is C8H9F3N2O3S. The van der Waals surface area contributed by atoms with Crippen molar-refractivity contribution >= 4 is 9.84 Å². The zero-order valence-corrected chi connectivity index (χ0v) is 9.76. The van der Waals surface area contributed by atoms with E-state index in [-0.39, 0.29) is 6.61 Å². The van der Waals surface area contributed by atoms with Crippen LogP contribution in [0, 0.1) is 18.0 Å². The molecule has 1 aromatic heterocycles. The van der Waals surface area contributed by atoms with Gasteiger partial charge in [0, 0.05) is 6.61 Å². The summed E-state index contributed by atoms with van der Waals surface area (Å²) in [4.78, 5) is 3.66. The summed E-state index contributed by atoms with van der Waals surface area (Å²) in [5.41, 5.74) is -1.48. The van der Waals surface area contributed by atoms with E-state index >= 15 is 0 Å². The fourth-order valence-electron chi connectivity index (χ4n) is 1.10. The number of hydrogen-bond donors (Lipinski definition) is 0. The maximum Gasteiger partial charge on any atom is 0.314 e. The monoisotopic (exact) mass is 270 g/mol. The van der Waals surface area contributed by atoms with Gasteiger partial charge in [0.15, 0.2) is 10.3 Å². The summed E-state index contributed by atoms with van der Waals surface area (Å²) >= 11 is 0. The molecule has 0 N–H and O–H groups in total. The molecule has 0 fully saturated rings. The third-order valence-electron chi connectivity index (χ3n) is 1.88. The van der Waals surface area contributed by atoms with Crippen molar-refractivity contribution in [3.63, 3.8) is 0 Å². The third kappa shape index (κ3) is 2.72. The van der Waals surface area contributed by atoms with Gasteiger partial charge in [-0.1, -0.05) is 0 Å². The molecule has 0 saturated heterocycles. The standard InChI is InChI=1S/C8H9F3N2O3S/c1-3-16-4(2)17(14,15)5-6(9)12-8(11)13-7(5)10/h4H,3H2,1-2H3. The maximum atomic E-state index is 13.1. The quantitative estimate of drug-likeness (QED) is 0.604. The molecule has 0 spiro atoms. The second kappa shape index (κ2) is 4.96. The summed E-state index contributed by atoms with van der Waals surface area (Å²) in [6.45, 7) is 2.65. The van der Waals surface area contributed by atoms with E-state index in [9.17, 15) is 21.6 Å². The number of nitrogens with zero attached hydrogens (tertiary/aromatic N) is 2. The van der Waals surface area contributed by atoms with E-state index in [1.807, 2.05) is 0 Å². The van der Waals surface area contributed by atoms with Gasteiger partial charge in [0.25, 0.3) is 0 Å². The smallest absolute Gasteiger partial charge is 0.314 e. The molecule has 1 unspecified atom stereocenters. The van der Waals surface area contributed by atoms with Crippen molar-refractivity contribution < 1.29 is 26.3 Å². The predicted octanol–water partition coefficient (Wildman–Crippen LogP) is 1.05. The number of aromatic nitrogens is 2. The zero-order valence-electron chi connectivity index (χ0n) is 8.95. The van der Waals surface area contributed by atoms with E-state index in [0.29, 0.717) is 0 Å². The van der Waals surface area contributed by atoms with E-state index in [1.165, 1.54) is 6.92 Å². The maximum absolute atomic E-state index is 13.1. The topological polar surface area (TPSA) is 69.2 Å². The minimum absolute atomic E-state index is 0.0334. The van der Waals surface area contributed by atoms with E-state index < -0.39 is 38.1 Å². The molecule has 0 amide bonds. The van der Waals surface area contributed by atoms with Crippen LogP contribution in [-0.2, 0) is 14.6 Å². The Morgan fingerprint density at radius 2 is 1.71 bits per heavy atom. The summed E-state index contributed by atoms with van der Waals surface area (Å²) in [7, 11) is -4.44. The Labute approximate surface area is 95.6 Å². The lowest BCUT2D eigenvalue weighted by molar-refractivity contribution is 0.129. The van der Waals surface area contributed by atoms with Gasteiger partial charge in [-0.05, 0) is 13.8 Å². The van der Waals surface area contributed by atoms with Gasteiger partial charge in [0.2, 0.25) is 21.7 Å². The number of sulfone groups is 1. The lowest BCUT2D eigenvalue weighted by Crippen LogP contribution is -2.24. The molecular weight excluding hydrogens is 261 g/mol. The summed E-state index contributed by atoms with van der Waals surface area (Å²) in [6.07, 6.45) is -1.68. The highest BCUT2D eigenvalue weighted by Crippen LogP contribution is 2.21. The second-order valence-electron chi connectivity index (χ2n) is 2.97. The summed E-state index contributed by atoms with van der Waals surface area (Å²) in [6, 6.07) is 0. The molecule has 0 aliphatic carbocycles. The molecule has 0 aliphatic heterocycles. The first-order valence-corrected chi connectivity index (χ1v) is 6.09. The predicted molar refractivity (Wildman–Crippen MR) is 50.2 cm³/mol. The Hall–Kier alpha value is -1.22. The van der Waals surface area contributed by atoms with Crippen molar-refractivity contribution in [2.45, 2.75) is 24.2 Å². The van der Waals surface area contributed by atoms with Crippen molar-refractivity contribution in [2.75, 3.05) is 6.61 Å². The van der Waals surface area contributed by atoms with Crippen LogP contribution in [0.4, 0.5) is 13.2 Å². The van der Waals surface area contributed by atoms with Crippen LogP contribution < -0.4 is 0 Å². The van der Waals surface area contributed by atoms with Crippen molar-refractivity contribution in [3.8, 4) is 0 Å². The van der Waals surface area contributed by atoms with Gasteiger partial charge in [0.1, 0.15) is 0 Å². The highest BCUT2D eigenvalue weighted by atomic mass is 32.2. The van der Waals surface area contributed by atoms with Crippen LogP contribution in [0.3, 0.4) is 0 Å². The molecule has 1 heterocycles. The number of hydrogen-bond acceptors (Lipinski definition) is 5. The van der Waals surface area contributed by atoms with Crippen LogP contribution in [0.25, 0.3) is 0 Å². The Morgan fingerprint density at radius 3 is 2.12 bits per heavy atom. The van der Waals surface area contributed by atoms with Crippen molar-refractivity contribution in [1.29, 1.82) is 0 Å². The largest absolute Gasteiger partial charge is 0.362 e. The van der Waals surface area contributed by atoms with Crippen LogP contribution in [0.2, 0.25) is 0 Å². The number of ether oxygens (including phenoxy) is 1. The van der Waals surface area contributed by atoms with Gasteiger partial charge in [0.05, 0.1) is 0 Å². The molecule has 17 heavy (non-hydrogen) atoms. The number of rotatable bonds is 4. The highest BCUT2D eigenvalue weighted by Gasteiger charge is 2.33. The van der Waals surface area contributed by atoms with Crippen LogP contribution in [0.5, 0.6) is 0 Å². The van der Waals surface area contributed by atoms with Gasteiger partial charge in [-0.15, -0.1) is 0 Å². The van der Waals surface area contributed by atoms with E-state index in [2.05, 4.69) is 9.97 Å². The van der Waals surface area contributed by atoms with Crippen molar-refractivity contribution in [2.24, 2.45) is 0 Å². The minimum Gasteiger partial charge on any atom is -0.362 e. The van der Waals surface area contributed by atoms with Crippen molar-refractivity contribution in [1.82, 2.24) is 9.97 Å². The van der Waals surface area contributed by atoms with Crippen LogP contribution in [0.15, 0.2) is 4.90 Å². The zero-order chi connectivity index (χ0) is 13.2. The van der Waals surface area contributed by atoms with E-state index in [1.54, 1.807) is 0 Å². The normalized spacial score (nSPS) is 13.7. The summed E-state index contributed by atoms with van der Waals surface area (Å²) in [5, 5.41) is 0. The van der Waals surface area contributed by atoms with Gasteiger partial charge in [-0.2, -0.15) is 23.1 Å². The molecule has 0 saturated carbocycles. The SMILES string of the molecule is CCOC(C)S(=O)(=O)c1c(F)nc(F)nc1F. The van der Waals surface area contributed by atoms with Gasteiger partial charge < -0.3 is 4.74 Å². The average molecular weight is 270 g/mol. The van der Waals surface area contributed by atoms with Crippen LogP contribution >= 0.6 is 0 Å². The molecule has 0 aliphatic rings. The first kappa shape index (κ1) is 13.8. The molecule has 1 aromatic rings. The van der Waals surface area contributed by atoms with Gasteiger partial charge in [-0.25, -0.2) is 8.42 Å². The molecule has 0 aromatic carbocycles. The third-order valence-corrected chi connectivity index (χ3v) is 3.79. The van der Waals surface area contributed by atoms with Crippen LogP contribution in [0.1, 0.15) is 13.8 Å². The molecule has 0 radical (unpaired) electrons. The van der Waals surface area contributed by atoms with Gasteiger partial charge in [-0.3, -0.25) is 0 Å². The molecule has 96 valence electrons. The Balaban J connectivity index is 3.34. The Kier molecular flexibility index (Phi) is 4.04. The van der Waals surface area contributed by atoms with Crippen LogP contribution in [-0.4, -0.2) is 30.4 Å². The first-order valence-electron chi connectivity index (χ1n) is 4.54. The molecule has 5 nitrogen and oxygen atoms in total. The summed E-state index contributed by atoms with van der Waals surface area (Å²) < 4.78 is 66.8. The molecule has 1 rings (SSSR count). The fourth-order valence-corrected chi connectivity index (χ4v) is 2.31.